The van der Waals surface area contributed by atoms with Crippen LogP contribution in [0.4, 0.5) is 0 Å². The van der Waals surface area contributed by atoms with Crippen LogP contribution in [0.5, 0.6) is 0 Å². The van der Waals surface area contributed by atoms with Gasteiger partial charge in [-0.05, 0) is 46.5 Å². The molecule has 174 valence electrons. The zero-order chi connectivity index (χ0) is 23.8. The molecule has 0 aliphatic carbocycles. The highest BCUT2D eigenvalue weighted by atomic mass is 16.5. The fourth-order valence-corrected chi connectivity index (χ4v) is 4.05. The Bertz CT molecular complexity index is 627. The molecule has 8 nitrogen and oxygen atoms in total. The van der Waals surface area contributed by atoms with Crippen molar-refractivity contribution in [3.63, 3.8) is 0 Å². The minimum absolute atomic E-state index is 0.0156. The van der Waals surface area contributed by atoms with Crippen molar-refractivity contribution in [3.8, 4) is 0 Å². The lowest BCUT2D eigenvalue weighted by Gasteiger charge is -2.38. The number of ketones is 1. The van der Waals surface area contributed by atoms with E-state index in [9.17, 15) is 24.3 Å². The second-order valence-electron chi connectivity index (χ2n) is 9.11. The van der Waals surface area contributed by atoms with Crippen LogP contribution in [0.1, 0.15) is 73.6 Å². The highest BCUT2D eigenvalue weighted by molar-refractivity contribution is 5.86. The number of Topliss-reactive ketones (excluding diaryl/α,β-unsaturated/α-hetero) is 1. The fourth-order valence-electron chi connectivity index (χ4n) is 4.05. The minimum atomic E-state index is -1.12. The van der Waals surface area contributed by atoms with Gasteiger partial charge in [0.25, 0.3) is 0 Å². The number of aliphatic hydroxyl groups excluding tert-OH is 1. The molecule has 0 spiro atoms. The van der Waals surface area contributed by atoms with E-state index in [1.54, 1.807) is 41.5 Å². The van der Waals surface area contributed by atoms with E-state index < -0.39 is 40.1 Å². The van der Waals surface area contributed by atoms with Gasteiger partial charge in [-0.25, -0.2) is 0 Å². The molecule has 3 atom stereocenters. The lowest BCUT2D eigenvalue weighted by molar-refractivity contribution is -0.159. The molecule has 0 rings (SSSR count). The van der Waals surface area contributed by atoms with Crippen LogP contribution < -0.4 is 0 Å². The summed E-state index contributed by atoms with van der Waals surface area (Å²) in [5.74, 6) is -3.31. The molecule has 30 heavy (non-hydrogen) atoms. The zero-order valence-corrected chi connectivity index (χ0v) is 19.4. The number of esters is 2. The third kappa shape index (κ3) is 7.38. The Balaban J connectivity index is 5.88. The number of carboxylic acid groups (broad SMARTS) is 1. The monoisotopic (exact) mass is 430 g/mol. The van der Waals surface area contributed by atoms with Crippen LogP contribution >= 0.6 is 0 Å². The van der Waals surface area contributed by atoms with Crippen LogP contribution in [0.3, 0.4) is 0 Å². The molecule has 0 aromatic rings. The van der Waals surface area contributed by atoms with Crippen molar-refractivity contribution < 1.29 is 38.9 Å². The molecule has 0 aliphatic heterocycles. The molecular weight excluding hydrogens is 392 g/mol. The van der Waals surface area contributed by atoms with E-state index in [2.05, 4.69) is 0 Å². The summed E-state index contributed by atoms with van der Waals surface area (Å²) in [6, 6.07) is 0. The molecule has 0 amide bonds. The van der Waals surface area contributed by atoms with Gasteiger partial charge in [-0.3, -0.25) is 19.2 Å². The van der Waals surface area contributed by atoms with Crippen LogP contribution in [0.25, 0.3) is 0 Å². The maximum absolute atomic E-state index is 12.8. The molecular formula is C22H38O8. The Morgan fingerprint density at radius 3 is 1.87 bits per heavy atom. The predicted molar refractivity (Wildman–Crippen MR) is 111 cm³/mol. The maximum atomic E-state index is 12.8. The van der Waals surface area contributed by atoms with Gasteiger partial charge in [0, 0.05) is 11.8 Å². The third-order valence-electron chi connectivity index (χ3n) is 5.91. The van der Waals surface area contributed by atoms with Crippen LogP contribution in [0, 0.1) is 22.2 Å². The molecule has 8 heteroatoms. The van der Waals surface area contributed by atoms with Crippen LogP contribution in [-0.2, 0) is 28.7 Å². The molecule has 0 fully saturated rings. The second-order valence-corrected chi connectivity index (χ2v) is 9.11. The summed E-state index contributed by atoms with van der Waals surface area (Å²) in [5.41, 5.74) is -3.14. The van der Waals surface area contributed by atoms with Crippen LogP contribution in [-0.4, -0.2) is 54.2 Å². The van der Waals surface area contributed by atoms with Crippen molar-refractivity contribution in [1.29, 1.82) is 0 Å². The van der Waals surface area contributed by atoms with Crippen molar-refractivity contribution in [2.75, 3.05) is 20.3 Å². The number of carbonyl (C=O) groups excluding carboxylic acids is 3. The smallest absolute Gasteiger partial charge is 0.311 e. The first-order valence-electron chi connectivity index (χ1n) is 10.4. The van der Waals surface area contributed by atoms with Gasteiger partial charge in [0.1, 0.15) is 12.4 Å². The standard InChI is InChI=1S/C22H38O8/c1-8-16(24)22(6,14-20(3,4)18(27)29-7)13-15(17(25)26)12-21(5,9-2)19(28)30-11-10-23/h15,23H,8-14H2,1-7H3,(H,25,26). The third-order valence-corrected chi connectivity index (χ3v) is 5.91. The van der Waals surface area contributed by atoms with E-state index in [0.717, 1.165) is 0 Å². The Morgan fingerprint density at radius 2 is 1.47 bits per heavy atom. The SMILES string of the molecule is CCC(=O)C(C)(CC(CC(C)(CC)C(=O)OCCO)C(=O)O)CC(C)(C)C(=O)OC. The number of aliphatic carboxylic acids is 1. The van der Waals surface area contributed by atoms with Crippen molar-refractivity contribution >= 4 is 23.7 Å². The number of methoxy groups -OCH3 is 1. The predicted octanol–water partition coefficient (Wildman–Crippen LogP) is 2.99. The molecule has 0 saturated carbocycles. The van der Waals surface area contributed by atoms with Gasteiger partial charge in [-0.15, -0.1) is 0 Å². The van der Waals surface area contributed by atoms with Crippen LogP contribution in [0.2, 0.25) is 0 Å². The highest BCUT2D eigenvalue weighted by Gasteiger charge is 2.46. The molecule has 0 saturated heterocycles. The summed E-state index contributed by atoms with van der Waals surface area (Å²) in [4.78, 5) is 49.6. The number of ether oxygens (including phenoxy) is 2. The maximum Gasteiger partial charge on any atom is 0.311 e. The van der Waals surface area contributed by atoms with E-state index >= 15 is 0 Å². The minimum Gasteiger partial charge on any atom is -0.481 e. The van der Waals surface area contributed by atoms with E-state index in [4.69, 9.17) is 14.6 Å². The number of aliphatic hydroxyl groups is 1. The molecule has 0 heterocycles. The van der Waals surface area contributed by atoms with E-state index in [1.165, 1.54) is 7.11 Å². The molecule has 0 aromatic carbocycles. The van der Waals surface area contributed by atoms with E-state index in [-0.39, 0.29) is 44.7 Å². The Kier molecular flexibility index (Phi) is 10.7. The van der Waals surface area contributed by atoms with Crippen LogP contribution in [0.15, 0.2) is 0 Å². The lowest BCUT2D eigenvalue weighted by atomic mass is 9.65. The van der Waals surface area contributed by atoms with Crippen molar-refractivity contribution in [2.24, 2.45) is 22.2 Å². The number of hydrogen-bond acceptors (Lipinski definition) is 7. The molecule has 0 radical (unpaired) electrons. The lowest BCUT2D eigenvalue weighted by Crippen LogP contribution is -2.41. The number of rotatable bonds is 14. The van der Waals surface area contributed by atoms with Gasteiger partial charge < -0.3 is 19.7 Å². The molecule has 0 aromatic heterocycles. The zero-order valence-electron chi connectivity index (χ0n) is 19.4. The first-order chi connectivity index (χ1) is 13.7. The molecule has 0 aliphatic rings. The average molecular weight is 431 g/mol. The average Bonchev–Trinajstić information content (AvgIpc) is 2.69. The van der Waals surface area contributed by atoms with E-state index in [1.807, 2.05) is 0 Å². The molecule has 2 N–H and O–H groups in total. The van der Waals surface area contributed by atoms with Gasteiger partial charge in [0.05, 0.1) is 30.5 Å². The van der Waals surface area contributed by atoms with Gasteiger partial charge in [0.2, 0.25) is 0 Å². The normalized spacial score (nSPS) is 16.7. The van der Waals surface area contributed by atoms with Crippen molar-refractivity contribution in [3.05, 3.63) is 0 Å². The number of carboxylic acids is 1. The molecule has 0 bridgehead atoms. The topological polar surface area (TPSA) is 127 Å². The van der Waals surface area contributed by atoms with Gasteiger partial charge >= 0.3 is 17.9 Å². The first-order valence-corrected chi connectivity index (χ1v) is 10.4. The Hall–Kier alpha value is -1.96. The summed E-state index contributed by atoms with van der Waals surface area (Å²) in [5, 5.41) is 18.8. The van der Waals surface area contributed by atoms with Gasteiger partial charge in [-0.2, -0.15) is 0 Å². The second kappa shape index (κ2) is 11.4. The largest absolute Gasteiger partial charge is 0.481 e. The summed E-state index contributed by atoms with van der Waals surface area (Å²) < 4.78 is 9.89. The highest BCUT2D eigenvalue weighted by Crippen LogP contribution is 2.44. The van der Waals surface area contributed by atoms with Crippen molar-refractivity contribution in [1.82, 2.24) is 0 Å². The Labute approximate surface area is 179 Å². The van der Waals surface area contributed by atoms with E-state index in [0.29, 0.717) is 6.42 Å². The summed E-state index contributed by atoms with van der Waals surface area (Å²) in [6.45, 7) is 9.61. The first kappa shape index (κ1) is 28.0. The summed E-state index contributed by atoms with van der Waals surface area (Å²) in [7, 11) is 1.27. The Morgan fingerprint density at radius 1 is 0.933 bits per heavy atom. The van der Waals surface area contributed by atoms with Gasteiger partial charge in [0.15, 0.2) is 0 Å². The fraction of sp³-hybridized carbons (Fsp3) is 0.818. The quantitative estimate of drug-likeness (QED) is 0.403. The summed E-state index contributed by atoms with van der Waals surface area (Å²) in [6.07, 6.45) is 0.629. The summed E-state index contributed by atoms with van der Waals surface area (Å²) >= 11 is 0. The number of hydrogen-bond donors (Lipinski definition) is 2. The number of carbonyl (C=O) groups is 4. The van der Waals surface area contributed by atoms with Crippen molar-refractivity contribution in [2.45, 2.75) is 73.6 Å². The van der Waals surface area contributed by atoms with Gasteiger partial charge in [-0.1, -0.05) is 20.8 Å². The molecule has 3 unspecified atom stereocenters.